The highest BCUT2D eigenvalue weighted by Gasteiger charge is 2.72. The lowest BCUT2D eigenvalue weighted by molar-refractivity contribution is -0.253. The number of aliphatic hydroxyl groups is 3. The molecule has 6 nitrogen and oxygen atoms in total. The lowest BCUT2D eigenvalue weighted by atomic mass is 9.42. The SMILES string of the molecule is CC(=O)OCC(=O)C1(O)C(C)CC2C3CC(F)C4(O)CC(O)CCC4(C)C3CCC21C. The smallest absolute Gasteiger partial charge is 0.303 e. The van der Waals surface area contributed by atoms with Gasteiger partial charge in [-0.25, -0.2) is 4.39 Å². The molecule has 3 N–H and O–H groups in total. The molecular weight excluding hydrogens is 403 g/mol. The van der Waals surface area contributed by atoms with Gasteiger partial charge in [-0.1, -0.05) is 20.8 Å². The van der Waals surface area contributed by atoms with Crippen molar-refractivity contribution in [3.05, 3.63) is 0 Å². The molecule has 31 heavy (non-hydrogen) atoms. The van der Waals surface area contributed by atoms with Crippen molar-refractivity contribution in [1.82, 2.24) is 0 Å². The first kappa shape index (κ1) is 23.1. The number of alkyl halides is 1. The van der Waals surface area contributed by atoms with Gasteiger partial charge in [0.1, 0.15) is 17.4 Å². The van der Waals surface area contributed by atoms with Gasteiger partial charge in [0.2, 0.25) is 5.78 Å². The predicted octanol–water partition coefficient (Wildman–Crippen LogP) is 2.56. The number of esters is 1. The number of Topliss-reactive ketones (excluding diaryl/α,β-unsaturated/α-hetero) is 1. The summed E-state index contributed by atoms with van der Waals surface area (Å²) in [6, 6.07) is 0. The van der Waals surface area contributed by atoms with E-state index in [9.17, 15) is 24.9 Å². The summed E-state index contributed by atoms with van der Waals surface area (Å²) in [5.74, 6) is -1.40. The molecule has 176 valence electrons. The third-order valence-electron chi connectivity index (χ3n) is 10.2. The fourth-order valence-electron chi connectivity index (χ4n) is 8.42. The maximum atomic E-state index is 15.6. The molecule has 0 aromatic heterocycles. The van der Waals surface area contributed by atoms with E-state index in [2.05, 4.69) is 0 Å². The lowest BCUT2D eigenvalue weighted by Crippen LogP contribution is -2.68. The van der Waals surface area contributed by atoms with Gasteiger partial charge in [-0.15, -0.1) is 0 Å². The first-order valence-electron chi connectivity index (χ1n) is 11.7. The molecule has 0 aromatic rings. The van der Waals surface area contributed by atoms with Gasteiger partial charge in [0.25, 0.3) is 0 Å². The Balaban J connectivity index is 1.67. The van der Waals surface area contributed by atoms with Crippen LogP contribution in [0.15, 0.2) is 0 Å². The Hall–Kier alpha value is -1.05. The highest BCUT2D eigenvalue weighted by molar-refractivity contribution is 5.91. The van der Waals surface area contributed by atoms with Crippen LogP contribution in [0.4, 0.5) is 4.39 Å². The molecule has 4 aliphatic rings. The Morgan fingerprint density at radius 1 is 1.06 bits per heavy atom. The average molecular weight is 441 g/mol. The van der Waals surface area contributed by atoms with E-state index in [4.69, 9.17) is 4.74 Å². The van der Waals surface area contributed by atoms with Crippen molar-refractivity contribution in [2.24, 2.45) is 34.5 Å². The number of hydrogen-bond acceptors (Lipinski definition) is 6. The number of ether oxygens (including phenoxy) is 1. The van der Waals surface area contributed by atoms with Gasteiger partial charge >= 0.3 is 5.97 Å². The third kappa shape index (κ3) is 2.91. The molecule has 0 heterocycles. The van der Waals surface area contributed by atoms with Gasteiger partial charge in [-0.05, 0) is 62.2 Å². The molecule has 0 radical (unpaired) electrons. The summed E-state index contributed by atoms with van der Waals surface area (Å²) < 4.78 is 20.5. The van der Waals surface area contributed by atoms with Gasteiger partial charge in [0.15, 0.2) is 6.61 Å². The van der Waals surface area contributed by atoms with Crippen LogP contribution in [0.2, 0.25) is 0 Å². The molecule has 0 spiro atoms. The number of aliphatic hydroxyl groups excluding tert-OH is 1. The van der Waals surface area contributed by atoms with Crippen molar-refractivity contribution >= 4 is 11.8 Å². The molecule has 10 unspecified atom stereocenters. The molecule has 0 aromatic carbocycles. The molecular formula is C24H37FO6. The van der Waals surface area contributed by atoms with E-state index in [1.807, 2.05) is 20.8 Å². The summed E-state index contributed by atoms with van der Waals surface area (Å²) in [5, 5.41) is 33.3. The van der Waals surface area contributed by atoms with Crippen LogP contribution in [-0.4, -0.2) is 57.2 Å². The number of rotatable bonds is 3. The van der Waals surface area contributed by atoms with Crippen molar-refractivity contribution in [3.8, 4) is 0 Å². The summed E-state index contributed by atoms with van der Waals surface area (Å²) in [7, 11) is 0. The van der Waals surface area contributed by atoms with Crippen molar-refractivity contribution in [3.63, 3.8) is 0 Å². The second-order valence-electron chi connectivity index (χ2n) is 11.4. The van der Waals surface area contributed by atoms with Crippen molar-refractivity contribution < 1.29 is 34.0 Å². The van der Waals surface area contributed by atoms with Crippen molar-refractivity contribution in [2.75, 3.05) is 6.61 Å². The molecule has 4 rings (SSSR count). The molecule has 4 aliphatic carbocycles. The Labute approximate surface area is 183 Å². The molecule has 7 heteroatoms. The molecule has 4 saturated carbocycles. The summed E-state index contributed by atoms with van der Waals surface area (Å²) in [5.41, 5.74) is -4.53. The standard InChI is InChI=1S/C24H37FO6/c1-13-9-18-16-10-19(25)23(29)11-15(27)5-7-21(23,3)17(16)6-8-22(18,4)24(13,30)20(28)12-31-14(2)26/h13,15-19,27,29-30H,5-12H2,1-4H3. The first-order chi connectivity index (χ1) is 14.3. The van der Waals surface area contributed by atoms with Crippen molar-refractivity contribution in [2.45, 2.75) is 96.1 Å². The number of carbonyl (C=O) groups is 2. The van der Waals surface area contributed by atoms with Gasteiger partial charge < -0.3 is 20.1 Å². The van der Waals surface area contributed by atoms with E-state index < -0.39 is 52.7 Å². The fourth-order valence-corrected chi connectivity index (χ4v) is 8.42. The van der Waals surface area contributed by atoms with E-state index in [1.54, 1.807) is 0 Å². The number of fused-ring (bicyclic) bond motifs is 5. The van der Waals surface area contributed by atoms with Crippen LogP contribution in [0.1, 0.15) is 72.6 Å². The molecule has 0 aliphatic heterocycles. The van der Waals surface area contributed by atoms with Gasteiger partial charge in [-0.3, -0.25) is 9.59 Å². The summed E-state index contributed by atoms with van der Waals surface area (Å²) >= 11 is 0. The number of hydrogen-bond donors (Lipinski definition) is 3. The van der Waals surface area contributed by atoms with Crippen LogP contribution in [-0.2, 0) is 14.3 Å². The zero-order valence-corrected chi connectivity index (χ0v) is 19.1. The van der Waals surface area contributed by atoms with E-state index >= 15 is 4.39 Å². The normalized spacial score (nSPS) is 53.8. The average Bonchev–Trinajstić information content (AvgIpc) is 2.90. The number of ketones is 1. The van der Waals surface area contributed by atoms with Crippen molar-refractivity contribution in [1.29, 1.82) is 0 Å². The Morgan fingerprint density at radius 3 is 2.35 bits per heavy atom. The quantitative estimate of drug-likeness (QED) is 0.583. The minimum atomic E-state index is -1.62. The van der Waals surface area contributed by atoms with Gasteiger partial charge in [0, 0.05) is 24.2 Å². The first-order valence-corrected chi connectivity index (χ1v) is 11.7. The van der Waals surface area contributed by atoms with Crippen LogP contribution >= 0.6 is 0 Å². The van der Waals surface area contributed by atoms with Crippen LogP contribution in [0.3, 0.4) is 0 Å². The van der Waals surface area contributed by atoms with E-state index in [0.29, 0.717) is 32.1 Å². The lowest BCUT2D eigenvalue weighted by Gasteiger charge is -2.65. The predicted molar refractivity (Wildman–Crippen MR) is 111 cm³/mol. The second kappa shape index (κ2) is 7.22. The molecule has 0 amide bonds. The minimum absolute atomic E-state index is 0.0488. The Morgan fingerprint density at radius 2 is 1.71 bits per heavy atom. The molecule has 10 atom stereocenters. The van der Waals surface area contributed by atoms with Gasteiger partial charge in [-0.2, -0.15) is 0 Å². The second-order valence-corrected chi connectivity index (χ2v) is 11.4. The zero-order valence-electron chi connectivity index (χ0n) is 19.1. The molecule has 0 bridgehead atoms. The van der Waals surface area contributed by atoms with Gasteiger partial charge in [0.05, 0.1) is 6.10 Å². The monoisotopic (exact) mass is 440 g/mol. The van der Waals surface area contributed by atoms with Crippen LogP contribution in [0.5, 0.6) is 0 Å². The van der Waals surface area contributed by atoms with E-state index in [0.717, 1.165) is 0 Å². The summed E-state index contributed by atoms with van der Waals surface area (Å²) in [6.45, 7) is 6.55. The molecule has 0 saturated heterocycles. The topological polar surface area (TPSA) is 104 Å². The number of carbonyl (C=O) groups excluding carboxylic acids is 2. The third-order valence-corrected chi connectivity index (χ3v) is 10.2. The highest BCUT2D eigenvalue weighted by atomic mass is 19.1. The van der Waals surface area contributed by atoms with Crippen LogP contribution < -0.4 is 0 Å². The largest absolute Gasteiger partial charge is 0.458 e. The zero-order chi connectivity index (χ0) is 23.0. The van der Waals surface area contributed by atoms with E-state index in [1.165, 1.54) is 6.92 Å². The minimum Gasteiger partial charge on any atom is -0.458 e. The maximum absolute atomic E-state index is 15.6. The fraction of sp³-hybridized carbons (Fsp3) is 0.917. The van der Waals surface area contributed by atoms with Crippen LogP contribution in [0.25, 0.3) is 0 Å². The number of halogens is 1. The molecule has 4 fully saturated rings. The summed E-state index contributed by atoms with van der Waals surface area (Å²) in [6.07, 6.45) is 1.13. The Kier molecular flexibility index (Phi) is 5.39. The van der Waals surface area contributed by atoms with E-state index in [-0.39, 0.29) is 36.5 Å². The maximum Gasteiger partial charge on any atom is 0.303 e. The van der Waals surface area contributed by atoms with Crippen LogP contribution in [0, 0.1) is 34.5 Å². The summed E-state index contributed by atoms with van der Waals surface area (Å²) in [4.78, 5) is 24.3. The highest BCUT2D eigenvalue weighted by Crippen LogP contribution is 2.70. The Bertz CT molecular complexity index is 773.